The van der Waals surface area contributed by atoms with Crippen LogP contribution in [0.25, 0.3) is 10.9 Å². The van der Waals surface area contributed by atoms with Gasteiger partial charge in [0.15, 0.2) is 0 Å². The molecule has 0 saturated heterocycles. The van der Waals surface area contributed by atoms with Gasteiger partial charge in [-0.15, -0.1) is 0 Å². The summed E-state index contributed by atoms with van der Waals surface area (Å²) in [6.45, 7) is 1.88. The molecule has 3 aromatic rings. The minimum atomic E-state index is -3.74. The van der Waals surface area contributed by atoms with Gasteiger partial charge in [0, 0.05) is 12.4 Å². The molecule has 0 aliphatic rings. The quantitative estimate of drug-likeness (QED) is 0.564. The molecule has 7 heteroatoms. The first-order valence-electron chi connectivity index (χ1n) is 7.28. The van der Waals surface area contributed by atoms with Crippen LogP contribution in [-0.2, 0) is 17.1 Å². The van der Waals surface area contributed by atoms with Gasteiger partial charge in [-0.05, 0) is 25.1 Å². The Bertz CT molecular complexity index is 1020. The van der Waals surface area contributed by atoms with Gasteiger partial charge in [-0.2, -0.15) is 13.5 Å². The highest BCUT2D eigenvalue weighted by Crippen LogP contribution is 2.28. The third-order valence-corrected chi connectivity index (χ3v) is 5.05. The van der Waals surface area contributed by atoms with E-state index in [1.807, 2.05) is 31.2 Å². The number of hydrazone groups is 1. The summed E-state index contributed by atoms with van der Waals surface area (Å²) in [5.74, 6) is 0.0227. The number of hydrogen-bond acceptors (Lipinski definition) is 4. The van der Waals surface area contributed by atoms with Crippen molar-refractivity contribution in [3.05, 3.63) is 59.7 Å². The molecule has 2 aromatic carbocycles. The lowest BCUT2D eigenvalue weighted by Gasteiger charge is -2.03. The lowest BCUT2D eigenvalue weighted by atomic mass is 10.2. The predicted molar refractivity (Wildman–Crippen MR) is 93.7 cm³/mol. The van der Waals surface area contributed by atoms with Gasteiger partial charge >= 0.3 is 0 Å². The molecule has 0 aliphatic heterocycles. The average Bonchev–Trinajstić information content (AvgIpc) is 2.80. The molecule has 1 aromatic heterocycles. The maximum atomic E-state index is 12.2. The van der Waals surface area contributed by atoms with Gasteiger partial charge in [0.25, 0.3) is 10.0 Å². The highest BCUT2D eigenvalue weighted by molar-refractivity contribution is 7.89. The van der Waals surface area contributed by atoms with Crippen LogP contribution in [0.2, 0.25) is 0 Å². The highest BCUT2D eigenvalue weighted by Gasteiger charge is 2.14. The fraction of sp³-hybridized carbons (Fsp3) is 0.118. The van der Waals surface area contributed by atoms with Crippen molar-refractivity contribution in [2.75, 3.05) is 0 Å². The van der Waals surface area contributed by atoms with E-state index >= 15 is 0 Å². The first kappa shape index (κ1) is 16.1. The summed E-state index contributed by atoms with van der Waals surface area (Å²) in [4.78, 5) is 2.30. The van der Waals surface area contributed by atoms with E-state index in [1.54, 1.807) is 23.7 Å². The van der Waals surface area contributed by atoms with Crippen molar-refractivity contribution in [1.82, 2.24) is 9.40 Å². The Hall–Kier alpha value is -2.80. The normalized spacial score (nSPS) is 12.1. The third kappa shape index (κ3) is 2.85. The Labute approximate surface area is 140 Å². The van der Waals surface area contributed by atoms with Crippen LogP contribution in [0, 0.1) is 6.92 Å². The second-order valence-electron chi connectivity index (χ2n) is 5.48. The number of nitrogens with zero attached hydrogens (tertiary/aromatic N) is 2. The van der Waals surface area contributed by atoms with Gasteiger partial charge in [0.2, 0.25) is 5.88 Å². The van der Waals surface area contributed by atoms with E-state index < -0.39 is 10.0 Å². The molecule has 6 nitrogen and oxygen atoms in total. The van der Waals surface area contributed by atoms with Crippen molar-refractivity contribution in [3.8, 4) is 5.88 Å². The van der Waals surface area contributed by atoms with Crippen LogP contribution in [0.15, 0.2) is 58.5 Å². The van der Waals surface area contributed by atoms with Crippen LogP contribution in [0.3, 0.4) is 0 Å². The molecule has 3 rings (SSSR count). The maximum absolute atomic E-state index is 12.2. The Morgan fingerprint density at radius 1 is 1.12 bits per heavy atom. The molecule has 1 heterocycles. The molecule has 124 valence electrons. The first-order valence-corrected chi connectivity index (χ1v) is 8.76. The molecule has 24 heavy (non-hydrogen) atoms. The summed E-state index contributed by atoms with van der Waals surface area (Å²) < 4.78 is 26.0. The summed E-state index contributed by atoms with van der Waals surface area (Å²) in [5, 5.41) is 14.8. The molecule has 0 atom stereocenters. The van der Waals surface area contributed by atoms with Crippen LogP contribution in [-0.4, -0.2) is 24.3 Å². The van der Waals surface area contributed by atoms with Gasteiger partial charge in [-0.3, -0.25) is 0 Å². The molecule has 0 radical (unpaired) electrons. The van der Waals surface area contributed by atoms with Crippen LogP contribution in [0.1, 0.15) is 11.1 Å². The van der Waals surface area contributed by atoms with E-state index in [4.69, 9.17) is 0 Å². The summed E-state index contributed by atoms with van der Waals surface area (Å²) in [7, 11) is -2.02. The topological polar surface area (TPSA) is 83.7 Å². The molecular formula is C17H17N3O3S. The highest BCUT2D eigenvalue weighted by atomic mass is 32.2. The van der Waals surface area contributed by atoms with Crippen molar-refractivity contribution in [3.63, 3.8) is 0 Å². The standard InChI is InChI=1S/C17H17N3O3S/c1-12-7-9-13(10-8-12)24(22,23)19-18-11-15-14-5-3-4-6-16(14)20(2)17(15)21/h3-11,19,21H,1-2H3. The minimum absolute atomic E-state index is 0.0227. The summed E-state index contributed by atoms with van der Waals surface area (Å²) in [6.07, 6.45) is 1.31. The Balaban J connectivity index is 1.90. The van der Waals surface area contributed by atoms with Crippen LogP contribution in [0.4, 0.5) is 0 Å². The predicted octanol–water partition coefficient (Wildman–Crippen LogP) is 2.50. The SMILES string of the molecule is Cc1ccc(S(=O)(=O)NN=Cc2c(O)n(C)c3ccccc23)cc1. The summed E-state index contributed by atoms with van der Waals surface area (Å²) in [6, 6.07) is 13.9. The van der Waals surface area contributed by atoms with Crippen molar-refractivity contribution in [2.24, 2.45) is 12.1 Å². The number of benzene rings is 2. The fourth-order valence-electron chi connectivity index (χ4n) is 2.47. The molecular weight excluding hydrogens is 326 g/mol. The second kappa shape index (κ2) is 6.01. The molecule has 0 amide bonds. The van der Waals surface area contributed by atoms with Gasteiger partial charge in [-0.25, -0.2) is 4.83 Å². The zero-order chi connectivity index (χ0) is 17.3. The number of hydrogen-bond donors (Lipinski definition) is 2. The van der Waals surface area contributed by atoms with E-state index in [2.05, 4.69) is 9.93 Å². The lowest BCUT2D eigenvalue weighted by molar-refractivity contribution is 0.434. The summed E-state index contributed by atoms with van der Waals surface area (Å²) in [5.41, 5.74) is 2.26. The average molecular weight is 343 g/mol. The van der Waals surface area contributed by atoms with Gasteiger partial charge < -0.3 is 9.67 Å². The number of nitrogens with one attached hydrogen (secondary N) is 1. The van der Waals surface area contributed by atoms with Crippen molar-refractivity contribution >= 4 is 27.1 Å². The largest absolute Gasteiger partial charge is 0.494 e. The molecule has 0 fully saturated rings. The van der Waals surface area contributed by atoms with E-state index in [0.717, 1.165) is 16.5 Å². The van der Waals surface area contributed by atoms with E-state index in [-0.39, 0.29) is 10.8 Å². The van der Waals surface area contributed by atoms with E-state index in [1.165, 1.54) is 18.3 Å². The smallest absolute Gasteiger partial charge is 0.276 e. The van der Waals surface area contributed by atoms with Gasteiger partial charge in [-0.1, -0.05) is 35.9 Å². The van der Waals surface area contributed by atoms with Crippen LogP contribution < -0.4 is 4.83 Å². The van der Waals surface area contributed by atoms with Crippen molar-refractivity contribution in [2.45, 2.75) is 11.8 Å². The van der Waals surface area contributed by atoms with Crippen LogP contribution >= 0.6 is 0 Å². The zero-order valence-electron chi connectivity index (χ0n) is 13.3. The Kier molecular flexibility index (Phi) is 4.02. The van der Waals surface area contributed by atoms with E-state index in [0.29, 0.717) is 5.56 Å². The lowest BCUT2D eigenvalue weighted by Crippen LogP contribution is -2.18. The van der Waals surface area contributed by atoms with Crippen LogP contribution in [0.5, 0.6) is 5.88 Å². The van der Waals surface area contributed by atoms with Gasteiger partial charge in [0.05, 0.1) is 22.2 Å². The second-order valence-corrected chi connectivity index (χ2v) is 7.14. The number of aromatic nitrogens is 1. The molecule has 0 unspecified atom stereocenters. The molecule has 0 bridgehead atoms. The van der Waals surface area contributed by atoms with Crippen molar-refractivity contribution in [1.29, 1.82) is 0 Å². The number of rotatable bonds is 4. The molecule has 0 spiro atoms. The Morgan fingerprint density at radius 2 is 1.79 bits per heavy atom. The number of aromatic hydroxyl groups is 1. The fourth-order valence-corrected chi connectivity index (χ4v) is 3.26. The zero-order valence-corrected chi connectivity index (χ0v) is 14.1. The third-order valence-electron chi connectivity index (χ3n) is 3.81. The molecule has 2 N–H and O–H groups in total. The number of aryl methyl sites for hydroxylation is 2. The number of para-hydroxylation sites is 1. The van der Waals surface area contributed by atoms with Crippen molar-refractivity contribution < 1.29 is 13.5 Å². The minimum Gasteiger partial charge on any atom is -0.494 e. The maximum Gasteiger partial charge on any atom is 0.276 e. The molecule has 0 aliphatic carbocycles. The number of fused-ring (bicyclic) bond motifs is 1. The first-order chi connectivity index (χ1) is 11.4. The molecule has 0 saturated carbocycles. The summed E-state index contributed by atoms with van der Waals surface area (Å²) >= 11 is 0. The Morgan fingerprint density at radius 3 is 2.50 bits per heavy atom. The van der Waals surface area contributed by atoms with E-state index in [9.17, 15) is 13.5 Å². The number of sulfonamides is 1. The monoisotopic (exact) mass is 343 g/mol. The van der Waals surface area contributed by atoms with Gasteiger partial charge in [0.1, 0.15) is 0 Å².